The zero-order valence-corrected chi connectivity index (χ0v) is 12.3. The van der Waals surface area contributed by atoms with Crippen molar-refractivity contribution in [3.05, 3.63) is 59.2 Å². The van der Waals surface area contributed by atoms with Crippen molar-refractivity contribution in [1.29, 1.82) is 0 Å². The van der Waals surface area contributed by atoms with Crippen molar-refractivity contribution in [2.45, 2.75) is 26.3 Å². The van der Waals surface area contributed by atoms with Crippen molar-refractivity contribution in [3.8, 4) is 5.75 Å². The number of hydrogen-bond acceptors (Lipinski definition) is 3. The number of aryl methyl sites for hydroxylation is 1. The summed E-state index contributed by atoms with van der Waals surface area (Å²) >= 11 is 0. The highest BCUT2D eigenvalue weighted by molar-refractivity contribution is 5.95. The molecule has 2 aromatic rings. The average Bonchev–Trinajstić information content (AvgIpc) is 2.46. The first-order valence-electron chi connectivity index (χ1n) is 6.88. The summed E-state index contributed by atoms with van der Waals surface area (Å²) in [5.74, 6) is -0.0102. The quantitative estimate of drug-likeness (QED) is 0.807. The van der Waals surface area contributed by atoms with Crippen LogP contribution in [0.3, 0.4) is 0 Å². The summed E-state index contributed by atoms with van der Waals surface area (Å²) in [5, 5.41) is 12.1. The molecule has 0 aliphatic carbocycles. The maximum atomic E-state index is 12.2. The zero-order chi connectivity index (χ0) is 15.4. The molecule has 0 aliphatic rings. The predicted octanol–water partition coefficient (Wildman–Crippen LogP) is 2.52. The molecule has 0 unspecified atom stereocenters. The van der Waals surface area contributed by atoms with E-state index in [9.17, 15) is 9.90 Å². The molecule has 0 saturated carbocycles. The number of rotatable bonds is 4. The number of amides is 1. The summed E-state index contributed by atoms with van der Waals surface area (Å²) in [6, 6.07) is 11.9. The number of hydrogen-bond donors (Lipinski definition) is 3. The Morgan fingerprint density at radius 1 is 1.19 bits per heavy atom. The Labute approximate surface area is 124 Å². The second-order valence-electron chi connectivity index (χ2n) is 5.21. The fraction of sp³-hybridized carbons (Fsp3) is 0.235. The van der Waals surface area contributed by atoms with Gasteiger partial charge in [-0.25, -0.2) is 0 Å². The van der Waals surface area contributed by atoms with Crippen LogP contribution in [-0.4, -0.2) is 17.1 Å². The molecular weight excluding hydrogens is 264 g/mol. The number of carbonyl (C=O) groups excluding carboxylic acids is 1. The summed E-state index contributed by atoms with van der Waals surface area (Å²) < 4.78 is 0. The van der Waals surface area contributed by atoms with Crippen molar-refractivity contribution in [2.75, 3.05) is 5.32 Å². The van der Waals surface area contributed by atoms with Crippen molar-refractivity contribution < 1.29 is 9.90 Å². The highest BCUT2D eigenvalue weighted by Gasteiger charge is 2.15. The Morgan fingerprint density at radius 2 is 1.86 bits per heavy atom. The minimum absolute atomic E-state index is 0.201. The minimum Gasteiger partial charge on any atom is -0.508 e. The van der Waals surface area contributed by atoms with Gasteiger partial charge >= 0.3 is 0 Å². The van der Waals surface area contributed by atoms with E-state index in [1.54, 1.807) is 24.3 Å². The lowest BCUT2D eigenvalue weighted by atomic mass is 10.0. The first-order chi connectivity index (χ1) is 9.97. The van der Waals surface area contributed by atoms with E-state index < -0.39 is 6.04 Å². The number of benzene rings is 2. The van der Waals surface area contributed by atoms with E-state index in [1.807, 2.05) is 32.0 Å². The van der Waals surface area contributed by atoms with Gasteiger partial charge < -0.3 is 16.2 Å². The number of phenolic OH excluding ortho intramolecular Hbond substituents is 1. The summed E-state index contributed by atoms with van der Waals surface area (Å²) in [5.41, 5.74) is 9.82. The lowest BCUT2D eigenvalue weighted by molar-refractivity contribution is -0.117. The lowest BCUT2D eigenvalue weighted by Crippen LogP contribution is -2.37. The number of nitrogens with one attached hydrogen (secondary N) is 1. The van der Waals surface area contributed by atoms with Crippen LogP contribution >= 0.6 is 0 Å². The van der Waals surface area contributed by atoms with Gasteiger partial charge in [-0.2, -0.15) is 0 Å². The highest BCUT2D eigenvalue weighted by Crippen LogP contribution is 2.18. The van der Waals surface area contributed by atoms with Gasteiger partial charge in [0, 0.05) is 5.69 Å². The summed E-state index contributed by atoms with van der Waals surface area (Å²) in [6.07, 6.45) is 0.428. The van der Waals surface area contributed by atoms with Crippen LogP contribution < -0.4 is 11.1 Å². The molecule has 0 bridgehead atoms. The maximum absolute atomic E-state index is 12.2. The fourth-order valence-electron chi connectivity index (χ4n) is 2.09. The number of phenols is 1. The molecule has 4 N–H and O–H groups in total. The van der Waals surface area contributed by atoms with Crippen molar-refractivity contribution in [3.63, 3.8) is 0 Å². The Hall–Kier alpha value is -2.33. The molecule has 2 aromatic carbocycles. The topological polar surface area (TPSA) is 75.4 Å². The van der Waals surface area contributed by atoms with Gasteiger partial charge in [0.15, 0.2) is 0 Å². The van der Waals surface area contributed by atoms with Crippen molar-refractivity contribution in [1.82, 2.24) is 0 Å². The monoisotopic (exact) mass is 284 g/mol. The fourth-order valence-corrected chi connectivity index (χ4v) is 2.09. The van der Waals surface area contributed by atoms with E-state index in [2.05, 4.69) is 5.32 Å². The molecule has 0 radical (unpaired) electrons. The second kappa shape index (κ2) is 6.41. The summed E-state index contributed by atoms with van der Waals surface area (Å²) in [7, 11) is 0. The average molecular weight is 284 g/mol. The SMILES string of the molecule is Cc1cccc(NC(=O)[C@@H](N)Cc2ccc(O)cc2)c1C. The Bertz CT molecular complexity index is 636. The third-order valence-electron chi connectivity index (χ3n) is 3.59. The molecule has 110 valence electrons. The van der Waals surface area contributed by atoms with Crippen LogP contribution in [0.1, 0.15) is 16.7 Å². The first-order valence-corrected chi connectivity index (χ1v) is 6.88. The van der Waals surface area contributed by atoms with Gasteiger partial charge in [0.05, 0.1) is 6.04 Å². The van der Waals surface area contributed by atoms with Crippen LogP contribution in [-0.2, 0) is 11.2 Å². The number of carbonyl (C=O) groups is 1. The molecule has 4 nitrogen and oxygen atoms in total. The van der Waals surface area contributed by atoms with E-state index in [0.717, 1.165) is 22.4 Å². The lowest BCUT2D eigenvalue weighted by Gasteiger charge is -2.15. The van der Waals surface area contributed by atoms with Crippen LogP contribution in [0.2, 0.25) is 0 Å². The zero-order valence-electron chi connectivity index (χ0n) is 12.3. The molecule has 21 heavy (non-hydrogen) atoms. The molecular formula is C17H20N2O2. The molecule has 0 aromatic heterocycles. The smallest absolute Gasteiger partial charge is 0.241 e. The van der Waals surface area contributed by atoms with E-state index in [4.69, 9.17) is 5.73 Å². The van der Waals surface area contributed by atoms with E-state index >= 15 is 0 Å². The van der Waals surface area contributed by atoms with E-state index in [-0.39, 0.29) is 11.7 Å². The van der Waals surface area contributed by atoms with Gasteiger partial charge in [0.1, 0.15) is 5.75 Å². The number of aromatic hydroxyl groups is 1. The normalized spacial score (nSPS) is 12.0. The summed E-state index contributed by atoms with van der Waals surface area (Å²) in [4.78, 5) is 12.2. The van der Waals surface area contributed by atoms with Crippen LogP contribution in [0.4, 0.5) is 5.69 Å². The predicted molar refractivity (Wildman–Crippen MR) is 84.3 cm³/mol. The highest BCUT2D eigenvalue weighted by atomic mass is 16.3. The molecule has 0 spiro atoms. The van der Waals surface area contributed by atoms with E-state index in [1.165, 1.54) is 0 Å². The molecule has 0 fully saturated rings. The molecule has 0 aliphatic heterocycles. The van der Waals surface area contributed by atoms with Crippen LogP contribution in [0.15, 0.2) is 42.5 Å². The standard InChI is InChI=1S/C17H20N2O2/c1-11-4-3-5-16(12(11)2)19-17(21)15(18)10-13-6-8-14(20)9-7-13/h3-9,15,20H,10,18H2,1-2H3,(H,19,21)/t15-/m0/s1. The van der Waals surface area contributed by atoms with Crippen LogP contribution in [0.25, 0.3) is 0 Å². The molecule has 1 atom stereocenters. The van der Waals surface area contributed by atoms with Crippen molar-refractivity contribution in [2.24, 2.45) is 5.73 Å². The molecule has 1 amide bonds. The van der Waals surface area contributed by atoms with E-state index in [0.29, 0.717) is 6.42 Å². The summed E-state index contributed by atoms with van der Waals surface area (Å²) in [6.45, 7) is 3.97. The van der Waals surface area contributed by atoms with Gasteiger partial charge in [-0.3, -0.25) is 4.79 Å². The first kappa shape index (κ1) is 15.1. The molecule has 4 heteroatoms. The Balaban J connectivity index is 2.02. The van der Waals surface area contributed by atoms with Gasteiger partial charge in [-0.05, 0) is 55.2 Å². The molecule has 2 rings (SSSR count). The Morgan fingerprint density at radius 3 is 2.52 bits per heavy atom. The van der Waals surface area contributed by atoms with Crippen LogP contribution in [0.5, 0.6) is 5.75 Å². The van der Waals surface area contributed by atoms with Gasteiger partial charge in [0.2, 0.25) is 5.91 Å². The Kier molecular flexibility index (Phi) is 4.60. The number of nitrogens with two attached hydrogens (primary N) is 1. The second-order valence-corrected chi connectivity index (χ2v) is 5.21. The molecule has 0 heterocycles. The van der Waals surface area contributed by atoms with Crippen molar-refractivity contribution >= 4 is 11.6 Å². The van der Waals surface area contributed by atoms with Crippen LogP contribution in [0, 0.1) is 13.8 Å². The maximum Gasteiger partial charge on any atom is 0.241 e. The third kappa shape index (κ3) is 3.83. The largest absolute Gasteiger partial charge is 0.508 e. The number of anilines is 1. The molecule has 0 saturated heterocycles. The van der Waals surface area contributed by atoms with Gasteiger partial charge in [0.25, 0.3) is 0 Å². The van der Waals surface area contributed by atoms with Gasteiger partial charge in [-0.1, -0.05) is 24.3 Å². The van der Waals surface area contributed by atoms with Gasteiger partial charge in [-0.15, -0.1) is 0 Å². The minimum atomic E-state index is -0.630. The third-order valence-corrected chi connectivity index (χ3v) is 3.59.